The van der Waals surface area contributed by atoms with Crippen molar-refractivity contribution in [2.24, 2.45) is 0 Å². The molecule has 0 unspecified atom stereocenters. The van der Waals surface area contributed by atoms with E-state index in [4.69, 9.17) is 0 Å². The first-order valence-corrected chi connectivity index (χ1v) is 6.96. The predicted molar refractivity (Wildman–Crippen MR) is 77.3 cm³/mol. The van der Waals surface area contributed by atoms with Crippen molar-refractivity contribution in [1.82, 2.24) is 9.80 Å². The number of ether oxygens (including phenoxy) is 1. The summed E-state index contributed by atoms with van der Waals surface area (Å²) in [6.07, 6.45) is 0. The van der Waals surface area contributed by atoms with E-state index in [0.717, 1.165) is 0 Å². The quantitative estimate of drug-likeness (QED) is 0.740. The molecule has 0 heterocycles. The number of likely N-dealkylation sites (N-methyl/N-ethyl adjacent to an activating group) is 2. The summed E-state index contributed by atoms with van der Waals surface area (Å²) in [5, 5.41) is 0. The molecule has 6 heteroatoms. The maximum absolute atomic E-state index is 12.3. The summed E-state index contributed by atoms with van der Waals surface area (Å²) in [5.74, 6) is 0.171. The SMILES string of the molecule is CCN(CC)C(=O)CN(C)Cc1ccccc1OC(F)F. The van der Waals surface area contributed by atoms with Crippen molar-refractivity contribution >= 4 is 5.91 Å². The van der Waals surface area contributed by atoms with Gasteiger partial charge in [-0.1, -0.05) is 18.2 Å². The average molecular weight is 300 g/mol. The van der Waals surface area contributed by atoms with Crippen LogP contribution >= 0.6 is 0 Å². The number of hydrogen-bond donors (Lipinski definition) is 0. The van der Waals surface area contributed by atoms with E-state index in [9.17, 15) is 13.6 Å². The van der Waals surface area contributed by atoms with Crippen LogP contribution in [0.1, 0.15) is 19.4 Å². The number of halogens is 2. The Kier molecular flexibility index (Phi) is 7.08. The molecular weight excluding hydrogens is 278 g/mol. The lowest BCUT2D eigenvalue weighted by molar-refractivity contribution is -0.131. The lowest BCUT2D eigenvalue weighted by Crippen LogP contribution is -2.38. The fourth-order valence-electron chi connectivity index (χ4n) is 2.10. The van der Waals surface area contributed by atoms with Gasteiger partial charge in [-0.3, -0.25) is 9.69 Å². The third-order valence-corrected chi connectivity index (χ3v) is 3.15. The monoisotopic (exact) mass is 300 g/mol. The van der Waals surface area contributed by atoms with E-state index in [1.165, 1.54) is 6.07 Å². The molecule has 118 valence electrons. The molecular formula is C15H22F2N2O2. The molecule has 0 fully saturated rings. The highest BCUT2D eigenvalue weighted by Gasteiger charge is 2.15. The van der Waals surface area contributed by atoms with E-state index < -0.39 is 6.61 Å². The molecule has 0 saturated carbocycles. The van der Waals surface area contributed by atoms with Gasteiger partial charge in [0, 0.05) is 25.2 Å². The van der Waals surface area contributed by atoms with Crippen molar-refractivity contribution in [2.45, 2.75) is 27.0 Å². The van der Waals surface area contributed by atoms with Gasteiger partial charge < -0.3 is 9.64 Å². The number of alkyl halides is 2. The van der Waals surface area contributed by atoms with Crippen LogP contribution in [0.25, 0.3) is 0 Å². The standard InChI is InChI=1S/C15H22F2N2O2/c1-4-19(5-2)14(20)11-18(3)10-12-8-6-7-9-13(12)21-15(16)17/h6-9,15H,4-5,10-11H2,1-3H3. The summed E-state index contributed by atoms with van der Waals surface area (Å²) in [4.78, 5) is 15.5. The summed E-state index contributed by atoms with van der Waals surface area (Å²) in [6.45, 7) is 2.93. The smallest absolute Gasteiger partial charge is 0.387 e. The predicted octanol–water partition coefficient (Wildman–Crippen LogP) is 2.59. The molecule has 0 spiro atoms. The molecule has 21 heavy (non-hydrogen) atoms. The Hall–Kier alpha value is -1.69. The summed E-state index contributed by atoms with van der Waals surface area (Å²) in [5.41, 5.74) is 0.632. The van der Waals surface area contributed by atoms with Gasteiger partial charge in [0.2, 0.25) is 5.91 Å². The molecule has 0 aliphatic heterocycles. The first kappa shape index (κ1) is 17.4. The van der Waals surface area contributed by atoms with Gasteiger partial charge >= 0.3 is 6.61 Å². The van der Waals surface area contributed by atoms with Gasteiger partial charge in [-0.25, -0.2) is 0 Å². The Morgan fingerprint density at radius 3 is 2.43 bits per heavy atom. The first-order valence-electron chi connectivity index (χ1n) is 6.96. The second-order valence-electron chi connectivity index (χ2n) is 4.72. The van der Waals surface area contributed by atoms with Crippen LogP contribution < -0.4 is 4.74 Å². The zero-order chi connectivity index (χ0) is 15.8. The third-order valence-electron chi connectivity index (χ3n) is 3.15. The molecule has 0 N–H and O–H groups in total. The van der Waals surface area contributed by atoms with Gasteiger partial charge in [-0.15, -0.1) is 0 Å². The number of amides is 1. The number of rotatable bonds is 8. The number of carbonyl (C=O) groups excluding carboxylic acids is 1. The van der Waals surface area contributed by atoms with Gasteiger partial charge in [0.1, 0.15) is 5.75 Å². The van der Waals surface area contributed by atoms with Crippen LogP contribution in [0.4, 0.5) is 8.78 Å². The third kappa shape index (κ3) is 5.67. The van der Waals surface area contributed by atoms with E-state index in [2.05, 4.69) is 4.74 Å². The van der Waals surface area contributed by atoms with Gasteiger partial charge in [0.25, 0.3) is 0 Å². The largest absolute Gasteiger partial charge is 0.434 e. The summed E-state index contributed by atoms with van der Waals surface area (Å²) in [6, 6.07) is 6.62. The highest BCUT2D eigenvalue weighted by molar-refractivity contribution is 5.78. The van der Waals surface area contributed by atoms with Gasteiger partial charge in [0.05, 0.1) is 6.54 Å². The molecule has 0 saturated heterocycles. The van der Waals surface area contributed by atoms with Crippen molar-refractivity contribution in [3.8, 4) is 5.75 Å². The summed E-state index contributed by atoms with van der Waals surface area (Å²) >= 11 is 0. The fraction of sp³-hybridized carbons (Fsp3) is 0.533. The summed E-state index contributed by atoms with van der Waals surface area (Å²) < 4.78 is 29.2. The van der Waals surface area contributed by atoms with Gasteiger partial charge in [-0.2, -0.15) is 8.78 Å². The molecule has 4 nitrogen and oxygen atoms in total. The minimum Gasteiger partial charge on any atom is -0.434 e. The maximum atomic E-state index is 12.3. The topological polar surface area (TPSA) is 32.8 Å². The van der Waals surface area contributed by atoms with Crippen LogP contribution in [0.15, 0.2) is 24.3 Å². The van der Waals surface area contributed by atoms with E-state index in [1.807, 2.05) is 13.8 Å². The Labute approximate surface area is 124 Å². The van der Waals surface area contributed by atoms with E-state index in [0.29, 0.717) is 25.2 Å². The van der Waals surface area contributed by atoms with Crippen LogP contribution in [0.5, 0.6) is 5.75 Å². The molecule has 0 aliphatic carbocycles. The minimum atomic E-state index is -2.85. The van der Waals surface area contributed by atoms with Crippen molar-refractivity contribution in [3.05, 3.63) is 29.8 Å². The summed E-state index contributed by atoms with van der Waals surface area (Å²) in [7, 11) is 1.78. The average Bonchev–Trinajstić information content (AvgIpc) is 2.41. The highest BCUT2D eigenvalue weighted by Crippen LogP contribution is 2.21. The Morgan fingerprint density at radius 1 is 1.24 bits per heavy atom. The van der Waals surface area contributed by atoms with Crippen LogP contribution in [-0.2, 0) is 11.3 Å². The lowest BCUT2D eigenvalue weighted by atomic mass is 10.2. The van der Waals surface area contributed by atoms with E-state index in [1.54, 1.807) is 35.0 Å². The number of hydrogen-bond acceptors (Lipinski definition) is 3. The molecule has 1 amide bonds. The molecule has 0 aliphatic rings. The number of para-hydroxylation sites is 1. The zero-order valence-corrected chi connectivity index (χ0v) is 12.7. The van der Waals surface area contributed by atoms with Crippen LogP contribution in [0.3, 0.4) is 0 Å². The normalized spacial score (nSPS) is 11.0. The number of carbonyl (C=O) groups is 1. The van der Waals surface area contributed by atoms with E-state index in [-0.39, 0.29) is 18.2 Å². The second kappa shape index (κ2) is 8.56. The van der Waals surface area contributed by atoms with Crippen LogP contribution in [0, 0.1) is 0 Å². The molecule has 1 rings (SSSR count). The van der Waals surface area contributed by atoms with Crippen molar-refractivity contribution < 1.29 is 18.3 Å². The zero-order valence-electron chi connectivity index (χ0n) is 12.7. The molecule has 0 radical (unpaired) electrons. The maximum Gasteiger partial charge on any atom is 0.387 e. The van der Waals surface area contributed by atoms with Crippen molar-refractivity contribution in [1.29, 1.82) is 0 Å². The molecule has 1 aromatic carbocycles. The van der Waals surface area contributed by atoms with Crippen LogP contribution in [0.2, 0.25) is 0 Å². The minimum absolute atomic E-state index is 0.0229. The van der Waals surface area contributed by atoms with Crippen LogP contribution in [-0.4, -0.2) is 49.0 Å². The number of nitrogens with zero attached hydrogens (tertiary/aromatic N) is 2. The van der Waals surface area contributed by atoms with E-state index >= 15 is 0 Å². The molecule has 1 aromatic rings. The fourth-order valence-corrected chi connectivity index (χ4v) is 2.10. The Morgan fingerprint density at radius 2 is 1.86 bits per heavy atom. The van der Waals surface area contributed by atoms with Crippen molar-refractivity contribution in [3.63, 3.8) is 0 Å². The van der Waals surface area contributed by atoms with Gasteiger partial charge in [-0.05, 0) is 27.0 Å². The highest BCUT2D eigenvalue weighted by atomic mass is 19.3. The molecule has 0 bridgehead atoms. The molecule has 0 atom stereocenters. The second-order valence-corrected chi connectivity index (χ2v) is 4.72. The van der Waals surface area contributed by atoms with Gasteiger partial charge in [0.15, 0.2) is 0 Å². The van der Waals surface area contributed by atoms with Crippen molar-refractivity contribution in [2.75, 3.05) is 26.7 Å². The Bertz CT molecular complexity index is 451. The Balaban J connectivity index is 2.66. The first-order chi connectivity index (χ1) is 9.97. The number of benzene rings is 1. The molecule has 0 aromatic heterocycles. The lowest BCUT2D eigenvalue weighted by Gasteiger charge is -2.23.